The van der Waals surface area contributed by atoms with Gasteiger partial charge in [-0.25, -0.2) is 4.99 Å². The first-order valence-corrected chi connectivity index (χ1v) is 14.5. The Morgan fingerprint density at radius 3 is 2.12 bits per heavy atom. The van der Waals surface area contributed by atoms with E-state index in [9.17, 15) is 9.59 Å². The molecule has 42 heavy (non-hydrogen) atoms. The van der Waals surface area contributed by atoms with Crippen molar-refractivity contribution in [3.05, 3.63) is 131 Å². The van der Waals surface area contributed by atoms with Gasteiger partial charge in [0, 0.05) is 43.9 Å². The number of piperazine rings is 1. The van der Waals surface area contributed by atoms with E-state index in [-0.39, 0.29) is 17.9 Å². The second kappa shape index (κ2) is 12.5. The summed E-state index contributed by atoms with van der Waals surface area (Å²) in [7, 11) is 0. The predicted octanol–water partition coefficient (Wildman–Crippen LogP) is 5.42. The van der Waals surface area contributed by atoms with Gasteiger partial charge in [-0.1, -0.05) is 78.9 Å². The molecule has 0 aromatic heterocycles. The SMILES string of the molecule is C[C@@H](NC(=O)c1ccc(N=C2C(=O)N(CN3CCN(Cc4ccccc4)CC3)c3ccccc32)cc1)c1ccccc1. The highest BCUT2D eigenvalue weighted by Gasteiger charge is 2.35. The molecule has 0 radical (unpaired) electrons. The van der Waals surface area contributed by atoms with Gasteiger partial charge in [0.05, 0.1) is 24.1 Å². The molecule has 4 aromatic rings. The molecule has 212 valence electrons. The summed E-state index contributed by atoms with van der Waals surface area (Å²) in [5, 5.41) is 3.04. The Bertz CT molecular complexity index is 1560. The number of aliphatic imine (C=N–C) groups is 1. The standard InChI is InChI=1S/C35H35N5O2/c1-26(28-12-6-3-7-13-28)36-34(41)29-16-18-30(19-17-29)37-33-31-14-8-9-15-32(31)40(35(33)42)25-39-22-20-38(21-23-39)24-27-10-4-2-5-11-27/h2-19,26H,20-25H2,1H3,(H,36,41)/t26-/m1/s1. The zero-order chi connectivity index (χ0) is 28.9. The van der Waals surface area contributed by atoms with Crippen molar-refractivity contribution in [2.75, 3.05) is 37.7 Å². The molecule has 7 heteroatoms. The maximum atomic E-state index is 13.7. The number of carbonyl (C=O) groups excluding carboxylic acids is 2. The maximum absolute atomic E-state index is 13.7. The second-order valence-electron chi connectivity index (χ2n) is 10.9. The molecule has 2 aliphatic heterocycles. The van der Waals surface area contributed by atoms with E-state index < -0.39 is 0 Å². The molecule has 0 saturated carbocycles. The van der Waals surface area contributed by atoms with Gasteiger partial charge in [0.15, 0.2) is 0 Å². The van der Waals surface area contributed by atoms with Crippen LogP contribution in [0.3, 0.4) is 0 Å². The van der Waals surface area contributed by atoms with Gasteiger partial charge in [0.25, 0.3) is 11.8 Å². The van der Waals surface area contributed by atoms with Crippen LogP contribution in [-0.2, 0) is 11.3 Å². The third-order valence-electron chi connectivity index (χ3n) is 7.97. The van der Waals surface area contributed by atoms with Crippen molar-refractivity contribution >= 4 is 28.9 Å². The highest BCUT2D eigenvalue weighted by molar-refractivity contribution is 6.54. The monoisotopic (exact) mass is 557 g/mol. The summed E-state index contributed by atoms with van der Waals surface area (Å²) in [4.78, 5) is 37.9. The lowest BCUT2D eigenvalue weighted by molar-refractivity contribution is -0.112. The molecule has 1 N–H and O–H groups in total. The van der Waals surface area contributed by atoms with E-state index in [1.165, 1.54) is 5.56 Å². The average molecular weight is 558 g/mol. The van der Waals surface area contributed by atoms with Crippen LogP contribution >= 0.6 is 0 Å². The number of benzene rings is 4. The maximum Gasteiger partial charge on any atom is 0.278 e. The van der Waals surface area contributed by atoms with Gasteiger partial charge in [-0.3, -0.25) is 24.3 Å². The Balaban J connectivity index is 1.11. The molecule has 2 heterocycles. The van der Waals surface area contributed by atoms with Crippen LogP contribution in [0.2, 0.25) is 0 Å². The van der Waals surface area contributed by atoms with E-state index in [2.05, 4.69) is 39.4 Å². The number of anilines is 1. The van der Waals surface area contributed by atoms with Gasteiger partial charge in [-0.15, -0.1) is 0 Å². The minimum absolute atomic E-state index is 0.0959. The lowest BCUT2D eigenvalue weighted by atomic mass is 10.1. The van der Waals surface area contributed by atoms with Crippen LogP contribution in [0.5, 0.6) is 0 Å². The fraction of sp³-hybridized carbons (Fsp3) is 0.229. The number of nitrogens with one attached hydrogen (secondary N) is 1. The summed E-state index contributed by atoms with van der Waals surface area (Å²) in [6.07, 6.45) is 0. The van der Waals surface area contributed by atoms with Crippen molar-refractivity contribution in [3.8, 4) is 0 Å². The fourth-order valence-corrected chi connectivity index (χ4v) is 5.56. The predicted molar refractivity (Wildman–Crippen MR) is 167 cm³/mol. The largest absolute Gasteiger partial charge is 0.346 e. The lowest BCUT2D eigenvalue weighted by Crippen LogP contribution is -2.50. The number of fused-ring (bicyclic) bond motifs is 1. The van der Waals surface area contributed by atoms with E-state index in [0.29, 0.717) is 23.6 Å². The van der Waals surface area contributed by atoms with Gasteiger partial charge in [0.1, 0.15) is 5.71 Å². The molecule has 0 unspecified atom stereocenters. The van der Waals surface area contributed by atoms with Crippen LogP contribution in [0.1, 0.15) is 40.0 Å². The van der Waals surface area contributed by atoms with Crippen molar-refractivity contribution in [1.29, 1.82) is 0 Å². The van der Waals surface area contributed by atoms with E-state index in [1.807, 2.05) is 72.5 Å². The molecule has 4 aromatic carbocycles. The quantitative estimate of drug-likeness (QED) is 0.314. The summed E-state index contributed by atoms with van der Waals surface area (Å²) in [5.41, 5.74) is 5.72. The van der Waals surface area contributed by atoms with Crippen LogP contribution < -0.4 is 10.2 Å². The van der Waals surface area contributed by atoms with Crippen LogP contribution in [0.15, 0.2) is 114 Å². The molecule has 0 spiro atoms. The number of nitrogens with zero attached hydrogens (tertiary/aromatic N) is 4. The van der Waals surface area contributed by atoms with Gasteiger partial charge in [-0.2, -0.15) is 0 Å². The Labute approximate surface area is 247 Å². The van der Waals surface area contributed by atoms with Crippen molar-refractivity contribution in [2.24, 2.45) is 4.99 Å². The van der Waals surface area contributed by atoms with Crippen molar-refractivity contribution in [3.63, 3.8) is 0 Å². The normalized spacial score (nSPS) is 17.3. The van der Waals surface area contributed by atoms with Gasteiger partial charge in [0.2, 0.25) is 0 Å². The third kappa shape index (κ3) is 6.17. The number of rotatable bonds is 8. The number of carbonyl (C=O) groups is 2. The number of amides is 2. The number of hydrogen-bond donors (Lipinski definition) is 1. The molecule has 1 atom stereocenters. The minimum atomic E-state index is -0.150. The van der Waals surface area contributed by atoms with Gasteiger partial charge >= 0.3 is 0 Å². The first-order valence-electron chi connectivity index (χ1n) is 14.5. The summed E-state index contributed by atoms with van der Waals surface area (Å²) >= 11 is 0. The van der Waals surface area contributed by atoms with Crippen LogP contribution in [0.4, 0.5) is 11.4 Å². The van der Waals surface area contributed by atoms with Crippen LogP contribution in [0.25, 0.3) is 0 Å². The Morgan fingerprint density at radius 1 is 0.786 bits per heavy atom. The Hall–Kier alpha value is -4.59. The molecule has 6 rings (SSSR count). The minimum Gasteiger partial charge on any atom is -0.346 e. The molecule has 7 nitrogen and oxygen atoms in total. The van der Waals surface area contributed by atoms with Crippen LogP contribution in [0, 0.1) is 0 Å². The highest BCUT2D eigenvalue weighted by atomic mass is 16.2. The molecule has 2 amide bonds. The van der Waals surface area contributed by atoms with E-state index >= 15 is 0 Å². The molecule has 0 aliphatic carbocycles. The zero-order valence-corrected chi connectivity index (χ0v) is 23.8. The molecular weight excluding hydrogens is 522 g/mol. The van der Waals surface area contributed by atoms with E-state index in [0.717, 1.165) is 49.5 Å². The second-order valence-corrected chi connectivity index (χ2v) is 10.9. The number of hydrogen-bond acceptors (Lipinski definition) is 5. The lowest BCUT2D eigenvalue weighted by Gasteiger charge is -2.36. The van der Waals surface area contributed by atoms with E-state index in [4.69, 9.17) is 4.99 Å². The smallest absolute Gasteiger partial charge is 0.278 e. The van der Waals surface area contributed by atoms with Crippen LogP contribution in [-0.4, -0.2) is 60.2 Å². The molecular formula is C35H35N5O2. The molecule has 2 aliphatic rings. The summed E-state index contributed by atoms with van der Waals surface area (Å²) in [6.45, 7) is 7.17. The van der Waals surface area contributed by atoms with E-state index in [1.54, 1.807) is 24.3 Å². The first kappa shape index (κ1) is 27.6. The Kier molecular flexibility index (Phi) is 8.21. The summed E-state index contributed by atoms with van der Waals surface area (Å²) in [5.74, 6) is -0.246. The zero-order valence-electron chi connectivity index (χ0n) is 23.8. The van der Waals surface area contributed by atoms with Gasteiger partial charge in [-0.05, 0) is 48.4 Å². The van der Waals surface area contributed by atoms with Crippen molar-refractivity contribution in [1.82, 2.24) is 15.1 Å². The molecule has 0 bridgehead atoms. The fourth-order valence-electron chi connectivity index (χ4n) is 5.56. The van der Waals surface area contributed by atoms with Gasteiger partial charge < -0.3 is 5.32 Å². The molecule has 1 fully saturated rings. The van der Waals surface area contributed by atoms with Crippen molar-refractivity contribution < 1.29 is 9.59 Å². The number of para-hydroxylation sites is 1. The molecule has 1 saturated heterocycles. The first-order chi connectivity index (χ1) is 20.5. The third-order valence-corrected chi connectivity index (χ3v) is 7.97. The highest BCUT2D eigenvalue weighted by Crippen LogP contribution is 2.31. The van der Waals surface area contributed by atoms with Crippen molar-refractivity contribution in [2.45, 2.75) is 19.5 Å². The Morgan fingerprint density at radius 2 is 1.40 bits per heavy atom. The summed E-state index contributed by atoms with van der Waals surface area (Å²) < 4.78 is 0. The topological polar surface area (TPSA) is 68.2 Å². The summed E-state index contributed by atoms with van der Waals surface area (Å²) in [6, 6.07) is 35.3. The average Bonchev–Trinajstić information content (AvgIpc) is 3.29.